The first-order chi connectivity index (χ1) is 15.8. The molecule has 0 amide bonds. The second-order valence-corrected chi connectivity index (χ2v) is 9.93. The summed E-state index contributed by atoms with van der Waals surface area (Å²) in [5, 5.41) is 0. The summed E-state index contributed by atoms with van der Waals surface area (Å²) in [6.07, 6.45) is 1.84. The molecular weight excluding hydrogens is 410 g/mol. The Balaban J connectivity index is 1.43. The number of Topliss-reactive ketones (excluding diaryl/α,β-unsaturated/α-hetero) is 1. The number of aryl methyl sites for hydroxylation is 1. The van der Waals surface area contributed by atoms with Gasteiger partial charge in [0.05, 0.1) is 11.1 Å². The predicted molar refractivity (Wildman–Crippen MR) is 130 cm³/mol. The quantitative estimate of drug-likeness (QED) is 0.452. The molecule has 0 aliphatic carbocycles. The fourth-order valence-electron chi connectivity index (χ4n) is 4.45. The Kier molecular flexibility index (Phi) is 5.34. The van der Waals surface area contributed by atoms with E-state index in [0.717, 1.165) is 29.0 Å². The number of ether oxygens (including phenoxy) is 2. The average Bonchev–Trinajstić information content (AvgIpc) is 3.11. The molecule has 0 radical (unpaired) electrons. The van der Waals surface area contributed by atoms with Crippen molar-refractivity contribution >= 4 is 11.9 Å². The van der Waals surface area contributed by atoms with Gasteiger partial charge in [-0.3, -0.25) is 9.69 Å². The maximum atomic E-state index is 13.3. The first kappa shape index (κ1) is 21.5. The molecule has 2 heterocycles. The number of hydrogen-bond acceptors (Lipinski definition) is 4. The number of benzene rings is 3. The second kappa shape index (κ2) is 8.20. The minimum Gasteiger partial charge on any atom is -0.478 e. The lowest BCUT2D eigenvalue weighted by molar-refractivity contribution is 0.0872. The highest BCUT2D eigenvalue weighted by molar-refractivity contribution is 6.15. The largest absolute Gasteiger partial charge is 0.478 e. The molecule has 4 nitrogen and oxygen atoms in total. The smallest absolute Gasteiger partial charge is 0.232 e. The van der Waals surface area contributed by atoms with Crippen molar-refractivity contribution in [2.45, 2.75) is 46.2 Å². The molecule has 3 aromatic rings. The summed E-state index contributed by atoms with van der Waals surface area (Å²) in [6.45, 7) is 10.5. The van der Waals surface area contributed by atoms with Gasteiger partial charge in [-0.25, -0.2) is 0 Å². The van der Waals surface area contributed by atoms with Crippen molar-refractivity contribution in [3.63, 3.8) is 0 Å². The van der Waals surface area contributed by atoms with Crippen LogP contribution in [0.1, 0.15) is 58.9 Å². The van der Waals surface area contributed by atoms with Gasteiger partial charge in [0, 0.05) is 13.1 Å². The molecule has 4 heteroatoms. The summed E-state index contributed by atoms with van der Waals surface area (Å²) in [5.41, 5.74) is 6.00. The molecule has 168 valence electrons. The van der Waals surface area contributed by atoms with Gasteiger partial charge in [-0.05, 0) is 46.7 Å². The third kappa shape index (κ3) is 4.19. The Morgan fingerprint density at radius 1 is 1.03 bits per heavy atom. The fourth-order valence-corrected chi connectivity index (χ4v) is 4.45. The molecular formula is C29H29NO3. The zero-order chi connectivity index (χ0) is 23.2. The molecule has 0 bridgehead atoms. The number of ketones is 1. The third-order valence-electron chi connectivity index (χ3n) is 6.31. The van der Waals surface area contributed by atoms with Crippen LogP contribution >= 0.6 is 0 Å². The van der Waals surface area contributed by atoms with Gasteiger partial charge in [0.25, 0.3) is 0 Å². The SMILES string of the molecule is Cc1cc2c(c3c1C(=O)/C(=C/c1ccc(C(C)(C)C)cc1)O3)CN(Cc1ccccc1)CO2. The van der Waals surface area contributed by atoms with E-state index < -0.39 is 0 Å². The molecule has 5 rings (SSSR count). The number of carbonyl (C=O) groups is 1. The van der Waals surface area contributed by atoms with Gasteiger partial charge in [0.1, 0.15) is 18.2 Å². The maximum Gasteiger partial charge on any atom is 0.232 e. The van der Waals surface area contributed by atoms with Crippen molar-refractivity contribution in [1.82, 2.24) is 4.90 Å². The second-order valence-electron chi connectivity index (χ2n) is 9.93. The van der Waals surface area contributed by atoms with Crippen molar-refractivity contribution < 1.29 is 14.3 Å². The number of carbonyl (C=O) groups excluding carboxylic acids is 1. The lowest BCUT2D eigenvalue weighted by atomic mass is 9.86. The molecule has 2 aliphatic rings. The zero-order valence-electron chi connectivity index (χ0n) is 19.6. The molecule has 3 aromatic carbocycles. The van der Waals surface area contributed by atoms with Crippen LogP contribution in [-0.4, -0.2) is 17.4 Å². The molecule has 0 unspecified atom stereocenters. The number of allylic oxidation sites excluding steroid dienone is 1. The molecule has 0 aromatic heterocycles. The van der Waals surface area contributed by atoms with Crippen LogP contribution in [0.25, 0.3) is 6.08 Å². The van der Waals surface area contributed by atoms with Crippen LogP contribution in [-0.2, 0) is 18.5 Å². The summed E-state index contributed by atoms with van der Waals surface area (Å²) >= 11 is 0. The van der Waals surface area contributed by atoms with Crippen LogP contribution in [0, 0.1) is 6.92 Å². The number of nitrogens with zero attached hydrogens (tertiary/aromatic N) is 1. The van der Waals surface area contributed by atoms with Crippen LogP contribution in [0.4, 0.5) is 0 Å². The Morgan fingerprint density at radius 3 is 2.45 bits per heavy atom. The van der Waals surface area contributed by atoms with E-state index in [1.807, 2.05) is 49.4 Å². The Hall–Kier alpha value is -3.37. The van der Waals surface area contributed by atoms with Gasteiger partial charge in [-0.2, -0.15) is 0 Å². The standard InChI is InChI=1S/C29H29NO3/c1-19-14-24-23(17-30(18-32-24)16-21-8-6-5-7-9-21)28-26(19)27(31)25(33-28)15-20-10-12-22(13-11-20)29(2,3)4/h5-15H,16-18H2,1-4H3/b25-15-. The zero-order valence-corrected chi connectivity index (χ0v) is 19.6. The fraction of sp³-hybridized carbons (Fsp3) is 0.276. The minimum absolute atomic E-state index is 0.0645. The highest BCUT2D eigenvalue weighted by Gasteiger charge is 2.35. The van der Waals surface area contributed by atoms with Gasteiger partial charge < -0.3 is 9.47 Å². The molecule has 0 atom stereocenters. The molecule has 0 N–H and O–H groups in total. The van der Waals surface area contributed by atoms with E-state index in [1.165, 1.54) is 11.1 Å². The average molecular weight is 440 g/mol. The Morgan fingerprint density at radius 2 is 1.76 bits per heavy atom. The van der Waals surface area contributed by atoms with Crippen molar-refractivity contribution in [2.75, 3.05) is 6.73 Å². The lowest BCUT2D eigenvalue weighted by Crippen LogP contribution is -2.31. The summed E-state index contributed by atoms with van der Waals surface area (Å²) in [6, 6.07) is 20.6. The van der Waals surface area contributed by atoms with Gasteiger partial charge in [0.2, 0.25) is 5.78 Å². The van der Waals surface area contributed by atoms with Crippen molar-refractivity contribution in [1.29, 1.82) is 0 Å². The predicted octanol–water partition coefficient (Wildman–Crippen LogP) is 6.26. The van der Waals surface area contributed by atoms with Crippen molar-refractivity contribution in [3.05, 3.63) is 99.8 Å². The Bertz CT molecular complexity index is 1230. The summed E-state index contributed by atoms with van der Waals surface area (Å²) in [5.74, 6) is 1.75. The Labute approximate surface area is 195 Å². The number of fused-ring (bicyclic) bond motifs is 3. The van der Waals surface area contributed by atoms with Crippen LogP contribution in [0.2, 0.25) is 0 Å². The van der Waals surface area contributed by atoms with Crippen LogP contribution in [0.5, 0.6) is 11.5 Å². The first-order valence-corrected chi connectivity index (χ1v) is 11.4. The first-order valence-electron chi connectivity index (χ1n) is 11.4. The minimum atomic E-state index is -0.0645. The molecule has 0 fully saturated rings. The van der Waals surface area contributed by atoms with Crippen LogP contribution in [0.3, 0.4) is 0 Å². The third-order valence-corrected chi connectivity index (χ3v) is 6.31. The van der Waals surface area contributed by atoms with E-state index in [9.17, 15) is 4.79 Å². The molecule has 2 aliphatic heterocycles. The highest BCUT2D eigenvalue weighted by atomic mass is 16.5. The molecule has 0 saturated carbocycles. The summed E-state index contributed by atoms with van der Waals surface area (Å²) < 4.78 is 12.3. The van der Waals surface area contributed by atoms with E-state index >= 15 is 0 Å². The maximum absolute atomic E-state index is 13.3. The van der Waals surface area contributed by atoms with Gasteiger partial charge in [-0.1, -0.05) is 75.4 Å². The lowest BCUT2D eigenvalue weighted by Gasteiger charge is -2.30. The monoisotopic (exact) mass is 439 g/mol. The van der Waals surface area contributed by atoms with E-state index in [0.29, 0.717) is 30.3 Å². The van der Waals surface area contributed by atoms with Crippen LogP contribution < -0.4 is 9.47 Å². The van der Waals surface area contributed by atoms with Gasteiger partial charge in [0.15, 0.2) is 5.76 Å². The van der Waals surface area contributed by atoms with Crippen molar-refractivity contribution in [3.8, 4) is 11.5 Å². The molecule has 33 heavy (non-hydrogen) atoms. The topological polar surface area (TPSA) is 38.8 Å². The van der Waals surface area contributed by atoms with Gasteiger partial charge >= 0.3 is 0 Å². The normalized spacial score (nSPS) is 16.8. The van der Waals surface area contributed by atoms with E-state index in [4.69, 9.17) is 9.47 Å². The van der Waals surface area contributed by atoms with Crippen molar-refractivity contribution in [2.24, 2.45) is 0 Å². The van der Waals surface area contributed by atoms with E-state index in [-0.39, 0.29) is 11.2 Å². The molecule has 0 saturated heterocycles. The summed E-state index contributed by atoms with van der Waals surface area (Å²) in [4.78, 5) is 15.5. The molecule has 0 spiro atoms. The van der Waals surface area contributed by atoms with Gasteiger partial charge in [-0.15, -0.1) is 0 Å². The van der Waals surface area contributed by atoms with E-state index in [2.05, 4.69) is 49.9 Å². The highest BCUT2D eigenvalue weighted by Crippen LogP contribution is 2.44. The number of hydrogen-bond donors (Lipinski definition) is 0. The summed E-state index contributed by atoms with van der Waals surface area (Å²) in [7, 11) is 0. The van der Waals surface area contributed by atoms with Crippen LogP contribution in [0.15, 0.2) is 66.4 Å². The van der Waals surface area contributed by atoms with E-state index in [1.54, 1.807) is 0 Å². The number of rotatable bonds is 3.